The van der Waals surface area contributed by atoms with Crippen LogP contribution in [0.1, 0.15) is 0 Å². The first-order valence-corrected chi connectivity index (χ1v) is 21.1. The SMILES string of the molecule is c1ccc(-c2cccc(-c3nc(-c4ccc5c(c4)oc4ccccc45)nc(-c4ccc5oc6cc(-c7ccc8c(c7)c7ccccc7n8-c7ccccc7)ccc6c5c4)n3)c2)cc1. The second kappa shape index (κ2) is 14.0. The lowest BCUT2D eigenvalue weighted by Crippen LogP contribution is -2.00. The highest BCUT2D eigenvalue weighted by atomic mass is 16.3. The van der Waals surface area contributed by atoms with Crippen molar-refractivity contribution in [3.05, 3.63) is 206 Å². The van der Waals surface area contributed by atoms with E-state index in [2.05, 4.69) is 168 Å². The molecule has 294 valence electrons. The molecule has 6 heteroatoms. The van der Waals surface area contributed by atoms with Crippen LogP contribution in [0.25, 0.3) is 128 Å². The lowest BCUT2D eigenvalue weighted by Gasteiger charge is -2.10. The number of benzene rings is 9. The van der Waals surface area contributed by atoms with Crippen LogP contribution in [0.3, 0.4) is 0 Å². The Kier molecular flexibility index (Phi) is 7.80. The fourth-order valence-corrected chi connectivity index (χ4v) is 9.20. The van der Waals surface area contributed by atoms with Crippen molar-refractivity contribution in [3.8, 4) is 62.1 Å². The standard InChI is InChI=1S/C57H34N4O2/c1-3-12-35(13-4-1)36-14-11-15-39(30-36)55-58-56(60-57(59-55)41-23-27-45-44-19-8-10-21-51(44)62-54(45)34-41)40-25-29-52-48(32-40)46-26-22-38(33-53(46)63-52)37-24-28-50-47(31-37)43-18-7-9-20-49(43)61(50)42-16-5-2-6-17-42/h1-34H. The summed E-state index contributed by atoms with van der Waals surface area (Å²) < 4.78 is 15.2. The molecular formula is C57H34N4O2. The van der Waals surface area contributed by atoms with Gasteiger partial charge in [-0.2, -0.15) is 0 Å². The van der Waals surface area contributed by atoms with Gasteiger partial charge in [0.1, 0.15) is 22.3 Å². The van der Waals surface area contributed by atoms with Crippen molar-refractivity contribution in [2.45, 2.75) is 0 Å². The highest BCUT2D eigenvalue weighted by Crippen LogP contribution is 2.39. The zero-order chi connectivity index (χ0) is 41.4. The number of hydrogen-bond donors (Lipinski definition) is 0. The molecule has 0 aliphatic carbocycles. The fraction of sp³-hybridized carbons (Fsp3) is 0. The van der Waals surface area contributed by atoms with E-state index in [1.54, 1.807) is 0 Å². The van der Waals surface area contributed by atoms with Crippen LogP contribution in [0.4, 0.5) is 0 Å². The van der Waals surface area contributed by atoms with Gasteiger partial charge < -0.3 is 13.4 Å². The van der Waals surface area contributed by atoms with Crippen LogP contribution < -0.4 is 0 Å². The van der Waals surface area contributed by atoms with E-state index in [1.165, 1.54) is 21.8 Å². The van der Waals surface area contributed by atoms with Crippen molar-refractivity contribution in [1.82, 2.24) is 19.5 Å². The highest BCUT2D eigenvalue weighted by Gasteiger charge is 2.18. The third kappa shape index (κ3) is 5.84. The van der Waals surface area contributed by atoms with E-state index in [0.29, 0.717) is 17.5 Å². The fourth-order valence-electron chi connectivity index (χ4n) is 9.20. The van der Waals surface area contributed by atoms with Gasteiger partial charge in [-0.05, 0) is 107 Å². The zero-order valence-corrected chi connectivity index (χ0v) is 33.7. The van der Waals surface area contributed by atoms with Gasteiger partial charge in [-0.3, -0.25) is 0 Å². The average molecular weight is 807 g/mol. The summed E-state index contributed by atoms with van der Waals surface area (Å²) in [6.07, 6.45) is 0. The van der Waals surface area contributed by atoms with E-state index in [-0.39, 0.29) is 0 Å². The van der Waals surface area contributed by atoms with E-state index in [1.807, 2.05) is 42.5 Å². The summed E-state index contributed by atoms with van der Waals surface area (Å²) in [4.78, 5) is 15.4. The molecule has 4 aromatic heterocycles. The molecule has 0 amide bonds. The van der Waals surface area contributed by atoms with E-state index in [4.69, 9.17) is 23.8 Å². The number of rotatable bonds is 6. The first kappa shape index (κ1) is 35.2. The molecule has 0 radical (unpaired) electrons. The van der Waals surface area contributed by atoms with Gasteiger partial charge in [0.05, 0.1) is 11.0 Å². The van der Waals surface area contributed by atoms with Crippen LogP contribution in [-0.4, -0.2) is 19.5 Å². The maximum absolute atomic E-state index is 6.56. The zero-order valence-electron chi connectivity index (χ0n) is 33.7. The van der Waals surface area contributed by atoms with Gasteiger partial charge >= 0.3 is 0 Å². The number of fused-ring (bicyclic) bond motifs is 9. The Balaban J connectivity index is 0.923. The van der Waals surface area contributed by atoms with Crippen LogP contribution in [-0.2, 0) is 0 Å². The molecule has 0 aliphatic rings. The molecule has 0 bridgehead atoms. The van der Waals surface area contributed by atoms with Crippen molar-refractivity contribution in [1.29, 1.82) is 0 Å². The largest absolute Gasteiger partial charge is 0.456 e. The topological polar surface area (TPSA) is 69.9 Å². The van der Waals surface area contributed by atoms with Crippen molar-refractivity contribution >= 4 is 65.7 Å². The number of nitrogens with zero attached hydrogens (tertiary/aromatic N) is 4. The van der Waals surface area contributed by atoms with Crippen LogP contribution >= 0.6 is 0 Å². The molecule has 0 saturated heterocycles. The first-order chi connectivity index (χ1) is 31.2. The lowest BCUT2D eigenvalue weighted by atomic mass is 10.0. The van der Waals surface area contributed by atoms with Crippen molar-refractivity contribution in [2.24, 2.45) is 0 Å². The maximum atomic E-state index is 6.56. The summed E-state index contributed by atoms with van der Waals surface area (Å²) in [5.74, 6) is 1.72. The molecule has 0 spiro atoms. The van der Waals surface area contributed by atoms with Crippen molar-refractivity contribution < 1.29 is 8.83 Å². The monoisotopic (exact) mass is 806 g/mol. The van der Waals surface area contributed by atoms with Crippen molar-refractivity contribution in [2.75, 3.05) is 0 Å². The van der Waals surface area contributed by atoms with E-state index < -0.39 is 0 Å². The van der Waals surface area contributed by atoms with Crippen molar-refractivity contribution in [3.63, 3.8) is 0 Å². The quantitative estimate of drug-likeness (QED) is 0.167. The maximum Gasteiger partial charge on any atom is 0.164 e. The Labute approximate surface area is 361 Å². The summed E-state index contributed by atoms with van der Waals surface area (Å²) in [5, 5.41) is 6.58. The number of para-hydroxylation sites is 3. The Morgan fingerprint density at radius 2 is 0.746 bits per heavy atom. The van der Waals surface area contributed by atoms with E-state index >= 15 is 0 Å². The minimum atomic E-state index is 0.563. The molecule has 0 atom stereocenters. The lowest BCUT2D eigenvalue weighted by molar-refractivity contribution is 0.668. The predicted octanol–water partition coefficient (Wildman–Crippen LogP) is 15.1. The molecule has 0 saturated carbocycles. The minimum Gasteiger partial charge on any atom is -0.456 e. The smallest absolute Gasteiger partial charge is 0.164 e. The summed E-state index contributed by atoms with van der Waals surface area (Å²) in [6.45, 7) is 0. The van der Waals surface area contributed by atoms with Gasteiger partial charge in [0, 0.05) is 54.7 Å². The summed E-state index contributed by atoms with van der Waals surface area (Å²) >= 11 is 0. The second-order valence-corrected chi connectivity index (χ2v) is 16.0. The summed E-state index contributed by atoms with van der Waals surface area (Å²) in [6, 6.07) is 71.7. The Morgan fingerprint density at radius 1 is 0.270 bits per heavy atom. The van der Waals surface area contributed by atoms with E-state index in [0.717, 1.165) is 88.5 Å². The molecular weight excluding hydrogens is 773 g/mol. The average Bonchev–Trinajstić information content (AvgIpc) is 4.03. The normalized spacial score (nSPS) is 11.8. The number of hydrogen-bond acceptors (Lipinski definition) is 5. The first-order valence-electron chi connectivity index (χ1n) is 21.1. The van der Waals surface area contributed by atoms with Crippen LogP contribution in [0.5, 0.6) is 0 Å². The summed E-state index contributed by atoms with van der Waals surface area (Å²) in [7, 11) is 0. The second-order valence-electron chi connectivity index (χ2n) is 16.0. The Hall–Kier alpha value is -8.61. The molecule has 6 nitrogen and oxygen atoms in total. The van der Waals surface area contributed by atoms with Gasteiger partial charge in [0.15, 0.2) is 17.5 Å². The van der Waals surface area contributed by atoms with Gasteiger partial charge in [-0.1, -0.05) is 121 Å². The predicted molar refractivity (Wildman–Crippen MR) is 256 cm³/mol. The van der Waals surface area contributed by atoms with Gasteiger partial charge in [-0.25, -0.2) is 15.0 Å². The van der Waals surface area contributed by atoms with Gasteiger partial charge in [-0.15, -0.1) is 0 Å². The molecule has 0 N–H and O–H groups in total. The third-order valence-electron chi connectivity index (χ3n) is 12.3. The van der Waals surface area contributed by atoms with Crippen LogP contribution in [0.15, 0.2) is 215 Å². The Morgan fingerprint density at radius 3 is 1.54 bits per heavy atom. The third-order valence-corrected chi connectivity index (χ3v) is 12.3. The summed E-state index contributed by atoms with van der Waals surface area (Å²) in [5.41, 5.74) is 13.8. The molecule has 0 fully saturated rings. The number of furan rings is 2. The van der Waals surface area contributed by atoms with Gasteiger partial charge in [0.25, 0.3) is 0 Å². The molecule has 0 unspecified atom stereocenters. The Bertz CT molecular complexity index is 3920. The highest BCUT2D eigenvalue weighted by molar-refractivity contribution is 6.11. The molecule has 9 aromatic carbocycles. The molecule has 0 aliphatic heterocycles. The van der Waals surface area contributed by atoms with Gasteiger partial charge in [0.2, 0.25) is 0 Å². The molecule has 13 rings (SSSR count). The van der Waals surface area contributed by atoms with Crippen LogP contribution in [0.2, 0.25) is 0 Å². The number of aromatic nitrogens is 4. The molecule has 4 heterocycles. The van der Waals surface area contributed by atoms with Crippen LogP contribution in [0, 0.1) is 0 Å². The molecule has 63 heavy (non-hydrogen) atoms. The molecule has 13 aromatic rings. The van der Waals surface area contributed by atoms with E-state index in [9.17, 15) is 0 Å². The minimum absolute atomic E-state index is 0.563.